The number of β-amino-alcohol motifs (C(OH)–C–C–N with tert-alkyl or cyclic N) is 1. The lowest BCUT2D eigenvalue weighted by molar-refractivity contribution is 0.106. The van der Waals surface area contributed by atoms with E-state index < -0.39 is 0 Å². The lowest BCUT2D eigenvalue weighted by atomic mass is 10.1. The zero-order chi connectivity index (χ0) is 17.1. The van der Waals surface area contributed by atoms with Crippen LogP contribution in [0.4, 0.5) is 5.69 Å². The number of aryl methyl sites for hydroxylation is 1. The molecule has 1 fully saturated rings. The Bertz CT molecular complexity index is 696. The number of piperazine rings is 1. The molecule has 1 saturated heterocycles. The van der Waals surface area contributed by atoms with Gasteiger partial charge in [0, 0.05) is 49.5 Å². The number of nitrogens with zero attached hydrogens (tertiary/aromatic N) is 3. The van der Waals surface area contributed by atoms with Gasteiger partial charge in [-0.05, 0) is 25.5 Å². The minimum Gasteiger partial charge on any atom is -0.494 e. The second-order valence-corrected chi connectivity index (χ2v) is 6.49. The van der Waals surface area contributed by atoms with E-state index in [9.17, 15) is 5.11 Å². The van der Waals surface area contributed by atoms with Crippen LogP contribution < -0.4 is 9.64 Å². The first-order valence-electron chi connectivity index (χ1n) is 8.72. The molecule has 0 aliphatic carbocycles. The SMILES string of the molecule is CCC(O)CN1CCN(c2cc(C)nc3c(OC)cccc23)CC1. The molecule has 3 rings (SSSR count). The quantitative estimate of drug-likeness (QED) is 0.913. The second-order valence-electron chi connectivity index (χ2n) is 6.49. The van der Waals surface area contributed by atoms with Gasteiger partial charge in [-0.2, -0.15) is 0 Å². The minimum absolute atomic E-state index is 0.218. The summed E-state index contributed by atoms with van der Waals surface area (Å²) in [5.74, 6) is 0.821. The molecule has 1 unspecified atom stereocenters. The molecule has 1 aromatic heterocycles. The van der Waals surface area contributed by atoms with Crippen LogP contribution >= 0.6 is 0 Å². The van der Waals surface area contributed by atoms with Gasteiger partial charge in [-0.3, -0.25) is 4.90 Å². The summed E-state index contributed by atoms with van der Waals surface area (Å²) >= 11 is 0. The van der Waals surface area contributed by atoms with Gasteiger partial charge in [-0.1, -0.05) is 19.1 Å². The summed E-state index contributed by atoms with van der Waals surface area (Å²) in [6.45, 7) is 8.71. The van der Waals surface area contributed by atoms with E-state index in [1.807, 2.05) is 26.0 Å². The summed E-state index contributed by atoms with van der Waals surface area (Å²) in [4.78, 5) is 9.44. The first-order valence-corrected chi connectivity index (χ1v) is 8.72. The van der Waals surface area contributed by atoms with Crippen molar-refractivity contribution < 1.29 is 9.84 Å². The molecule has 1 aliphatic heterocycles. The summed E-state index contributed by atoms with van der Waals surface area (Å²) < 4.78 is 5.48. The van der Waals surface area contributed by atoms with Crippen LogP contribution in [0.5, 0.6) is 5.75 Å². The number of anilines is 1. The van der Waals surface area contributed by atoms with E-state index in [0.29, 0.717) is 0 Å². The number of aromatic nitrogens is 1. The average molecular weight is 329 g/mol. The number of aliphatic hydroxyl groups is 1. The van der Waals surface area contributed by atoms with Crippen LogP contribution in [0.1, 0.15) is 19.0 Å². The van der Waals surface area contributed by atoms with E-state index in [4.69, 9.17) is 4.74 Å². The first-order chi connectivity index (χ1) is 11.6. The van der Waals surface area contributed by atoms with E-state index in [-0.39, 0.29) is 6.10 Å². The minimum atomic E-state index is -0.218. The third-order valence-electron chi connectivity index (χ3n) is 4.78. The van der Waals surface area contributed by atoms with Crippen LogP contribution in [-0.4, -0.2) is 60.9 Å². The fourth-order valence-electron chi connectivity index (χ4n) is 3.35. The molecule has 2 heterocycles. The van der Waals surface area contributed by atoms with E-state index in [1.165, 1.54) is 5.69 Å². The predicted molar refractivity (Wildman–Crippen MR) is 98.0 cm³/mol. The number of ether oxygens (including phenoxy) is 1. The zero-order valence-electron chi connectivity index (χ0n) is 14.8. The molecule has 0 bridgehead atoms. The molecule has 1 aliphatic rings. The van der Waals surface area contributed by atoms with Gasteiger partial charge in [-0.15, -0.1) is 0 Å². The van der Waals surface area contributed by atoms with Crippen molar-refractivity contribution in [3.05, 3.63) is 30.0 Å². The number of para-hydroxylation sites is 1. The number of fused-ring (bicyclic) bond motifs is 1. The standard InChI is InChI=1S/C19H27N3O2/c1-4-15(23)13-21-8-10-22(11-9-21)17-12-14(2)20-19-16(17)6-5-7-18(19)24-3/h5-7,12,15,23H,4,8-11,13H2,1-3H3. The summed E-state index contributed by atoms with van der Waals surface area (Å²) in [5, 5.41) is 11.0. The van der Waals surface area contributed by atoms with Crippen LogP contribution in [0.2, 0.25) is 0 Å². The largest absolute Gasteiger partial charge is 0.494 e. The lowest BCUT2D eigenvalue weighted by Crippen LogP contribution is -2.48. The van der Waals surface area contributed by atoms with Crippen LogP contribution in [0.3, 0.4) is 0 Å². The Labute approximate surface area is 143 Å². The maximum atomic E-state index is 9.85. The van der Waals surface area contributed by atoms with Crippen LogP contribution in [-0.2, 0) is 0 Å². The van der Waals surface area contributed by atoms with Crippen LogP contribution in [0.15, 0.2) is 24.3 Å². The van der Waals surface area contributed by atoms with Crippen molar-refractivity contribution in [2.75, 3.05) is 44.7 Å². The summed E-state index contributed by atoms with van der Waals surface area (Å²) in [5.41, 5.74) is 3.16. The number of methoxy groups -OCH3 is 1. The number of rotatable bonds is 5. The molecule has 24 heavy (non-hydrogen) atoms. The molecule has 0 amide bonds. The van der Waals surface area contributed by atoms with E-state index in [1.54, 1.807) is 7.11 Å². The summed E-state index contributed by atoms with van der Waals surface area (Å²) in [6.07, 6.45) is 0.596. The van der Waals surface area contributed by atoms with Gasteiger partial charge >= 0.3 is 0 Å². The fraction of sp³-hybridized carbons (Fsp3) is 0.526. The molecular weight excluding hydrogens is 302 g/mol. The monoisotopic (exact) mass is 329 g/mol. The van der Waals surface area contributed by atoms with E-state index >= 15 is 0 Å². The maximum absolute atomic E-state index is 9.85. The molecule has 1 aromatic carbocycles. The molecule has 1 N–H and O–H groups in total. The van der Waals surface area contributed by atoms with Gasteiger partial charge in [-0.25, -0.2) is 4.98 Å². The highest BCUT2D eigenvalue weighted by Gasteiger charge is 2.21. The summed E-state index contributed by atoms with van der Waals surface area (Å²) in [7, 11) is 1.69. The number of hydrogen-bond acceptors (Lipinski definition) is 5. The molecule has 0 saturated carbocycles. The van der Waals surface area contributed by atoms with E-state index in [2.05, 4.69) is 26.9 Å². The molecule has 5 heteroatoms. The number of pyridine rings is 1. The molecule has 0 radical (unpaired) electrons. The van der Waals surface area contributed by atoms with Crippen molar-refractivity contribution in [3.63, 3.8) is 0 Å². The number of hydrogen-bond donors (Lipinski definition) is 1. The van der Waals surface area contributed by atoms with Crippen LogP contribution in [0, 0.1) is 6.92 Å². The molecule has 5 nitrogen and oxygen atoms in total. The van der Waals surface area contributed by atoms with Gasteiger partial charge in [0.05, 0.1) is 13.2 Å². The van der Waals surface area contributed by atoms with Crippen LogP contribution in [0.25, 0.3) is 10.9 Å². The Morgan fingerprint density at radius 2 is 2.00 bits per heavy atom. The third kappa shape index (κ3) is 3.47. The Hall–Kier alpha value is -1.85. The van der Waals surface area contributed by atoms with Gasteiger partial charge in [0.15, 0.2) is 0 Å². The highest BCUT2D eigenvalue weighted by Crippen LogP contribution is 2.32. The normalized spacial score (nSPS) is 17.2. The molecule has 1 atom stereocenters. The van der Waals surface area contributed by atoms with Gasteiger partial charge in [0.25, 0.3) is 0 Å². The van der Waals surface area contributed by atoms with Gasteiger partial charge in [0.2, 0.25) is 0 Å². The molecular formula is C19H27N3O2. The smallest absolute Gasteiger partial charge is 0.145 e. The highest BCUT2D eigenvalue weighted by atomic mass is 16.5. The fourth-order valence-corrected chi connectivity index (χ4v) is 3.35. The molecule has 130 valence electrons. The van der Waals surface area contributed by atoms with Crippen molar-refractivity contribution in [2.45, 2.75) is 26.4 Å². The first kappa shape index (κ1) is 17.0. The van der Waals surface area contributed by atoms with Crippen molar-refractivity contribution in [2.24, 2.45) is 0 Å². The van der Waals surface area contributed by atoms with Gasteiger partial charge in [0.1, 0.15) is 11.3 Å². The topological polar surface area (TPSA) is 48.8 Å². The highest BCUT2D eigenvalue weighted by molar-refractivity contribution is 5.95. The zero-order valence-corrected chi connectivity index (χ0v) is 14.8. The Balaban J connectivity index is 1.83. The van der Waals surface area contributed by atoms with Crippen molar-refractivity contribution >= 4 is 16.6 Å². The van der Waals surface area contributed by atoms with Crippen molar-refractivity contribution in [1.29, 1.82) is 0 Å². The summed E-state index contributed by atoms with van der Waals surface area (Å²) in [6, 6.07) is 8.27. The molecule has 2 aromatic rings. The number of aliphatic hydroxyl groups excluding tert-OH is 1. The number of benzene rings is 1. The van der Waals surface area contributed by atoms with E-state index in [0.717, 1.165) is 61.5 Å². The lowest BCUT2D eigenvalue weighted by Gasteiger charge is -2.37. The average Bonchev–Trinajstić information content (AvgIpc) is 2.61. The Morgan fingerprint density at radius 1 is 1.25 bits per heavy atom. The van der Waals surface area contributed by atoms with Gasteiger partial charge < -0.3 is 14.7 Å². The second kappa shape index (κ2) is 7.36. The molecule has 0 spiro atoms. The predicted octanol–water partition coefficient (Wildman–Crippen LogP) is 2.44. The Morgan fingerprint density at radius 3 is 2.67 bits per heavy atom. The van der Waals surface area contributed by atoms with Crippen molar-refractivity contribution in [1.82, 2.24) is 9.88 Å². The van der Waals surface area contributed by atoms with Crippen molar-refractivity contribution in [3.8, 4) is 5.75 Å². The Kier molecular flexibility index (Phi) is 5.21. The third-order valence-corrected chi connectivity index (χ3v) is 4.78. The maximum Gasteiger partial charge on any atom is 0.145 e.